The molecule has 0 atom stereocenters. The van der Waals surface area contributed by atoms with E-state index in [1.165, 1.54) is 0 Å². The maximum atomic E-state index is 11.7. The quantitative estimate of drug-likeness (QED) is 0.620. The highest BCUT2D eigenvalue weighted by molar-refractivity contribution is 5.79. The second kappa shape index (κ2) is 3.71. The topological polar surface area (TPSA) is 26.3 Å². The predicted molar refractivity (Wildman–Crippen MR) is 38.4 cm³/mol. The minimum Gasteiger partial charge on any atom is -0.462 e. The summed E-state index contributed by atoms with van der Waals surface area (Å²) >= 11 is 0. The van der Waals surface area contributed by atoms with E-state index >= 15 is 0 Å². The lowest BCUT2D eigenvalue weighted by Gasteiger charge is -2.01. The number of aldehydes is 1. The van der Waals surface area contributed by atoms with Crippen molar-refractivity contribution < 1.29 is 13.9 Å². The number of para-hydroxylation sites is 1. The van der Waals surface area contributed by atoms with Crippen LogP contribution in [0.1, 0.15) is 10.4 Å². The lowest BCUT2D eigenvalue weighted by Crippen LogP contribution is -1.93. The number of hydrogen-bond donors (Lipinski definition) is 0. The summed E-state index contributed by atoms with van der Waals surface area (Å²) in [5.41, 5.74) is 0.366. The molecular formula is C8H7FO2. The van der Waals surface area contributed by atoms with Crippen LogP contribution in [0.25, 0.3) is 0 Å². The Bertz CT molecular complexity index is 248. The molecule has 0 unspecified atom stereocenters. The van der Waals surface area contributed by atoms with Gasteiger partial charge in [-0.15, -0.1) is 0 Å². The second-order valence-corrected chi connectivity index (χ2v) is 1.91. The molecule has 0 fully saturated rings. The SMILES string of the molecule is O=Cc1ccccc1OCF. The molecule has 0 radical (unpaired) electrons. The molecule has 0 heterocycles. The van der Waals surface area contributed by atoms with E-state index in [1.807, 2.05) is 0 Å². The summed E-state index contributed by atoms with van der Waals surface area (Å²) < 4.78 is 16.2. The minimum absolute atomic E-state index is 0.282. The number of carbonyl (C=O) groups is 1. The van der Waals surface area contributed by atoms with Crippen LogP contribution < -0.4 is 4.74 Å². The average Bonchev–Trinajstić information content (AvgIpc) is 2.06. The van der Waals surface area contributed by atoms with Crippen LogP contribution in [-0.2, 0) is 0 Å². The normalized spacial score (nSPS) is 9.18. The number of benzene rings is 1. The van der Waals surface area contributed by atoms with Gasteiger partial charge in [0.2, 0.25) is 6.86 Å². The van der Waals surface area contributed by atoms with Crippen LogP contribution in [0.5, 0.6) is 5.75 Å². The highest BCUT2D eigenvalue weighted by Gasteiger charge is 1.98. The number of carbonyl (C=O) groups excluding carboxylic acids is 1. The summed E-state index contributed by atoms with van der Waals surface area (Å²) in [5, 5.41) is 0. The summed E-state index contributed by atoms with van der Waals surface area (Å²) in [4.78, 5) is 10.3. The summed E-state index contributed by atoms with van der Waals surface area (Å²) in [7, 11) is 0. The van der Waals surface area contributed by atoms with Crippen molar-refractivity contribution in [1.29, 1.82) is 0 Å². The minimum atomic E-state index is -0.912. The fourth-order valence-electron chi connectivity index (χ4n) is 0.768. The molecule has 1 aromatic carbocycles. The number of rotatable bonds is 3. The average molecular weight is 154 g/mol. The summed E-state index contributed by atoms with van der Waals surface area (Å²) in [6, 6.07) is 6.48. The third kappa shape index (κ3) is 1.77. The smallest absolute Gasteiger partial charge is 0.228 e. The Kier molecular flexibility index (Phi) is 2.60. The maximum absolute atomic E-state index is 11.7. The molecule has 0 aromatic heterocycles. The van der Waals surface area contributed by atoms with E-state index in [2.05, 4.69) is 4.74 Å². The van der Waals surface area contributed by atoms with Gasteiger partial charge in [-0.3, -0.25) is 4.79 Å². The van der Waals surface area contributed by atoms with Crippen molar-refractivity contribution in [2.24, 2.45) is 0 Å². The highest BCUT2D eigenvalue weighted by Crippen LogP contribution is 2.14. The van der Waals surface area contributed by atoms with Crippen LogP contribution in [0.4, 0.5) is 4.39 Å². The standard InChI is InChI=1S/C8H7FO2/c9-6-11-8-4-2-1-3-7(8)5-10/h1-5H,6H2. The molecule has 1 rings (SSSR count). The lowest BCUT2D eigenvalue weighted by molar-refractivity contribution is 0.111. The molecule has 11 heavy (non-hydrogen) atoms. The van der Waals surface area contributed by atoms with Crippen molar-refractivity contribution >= 4 is 6.29 Å². The van der Waals surface area contributed by atoms with Crippen molar-refractivity contribution in [1.82, 2.24) is 0 Å². The van der Waals surface area contributed by atoms with Gasteiger partial charge in [-0.1, -0.05) is 12.1 Å². The summed E-state index contributed by atoms with van der Waals surface area (Å²) in [5.74, 6) is 0.282. The number of hydrogen-bond acceptors (Lipinski definition) is 2. The first-order chi connectivity index (χ1) is 5.38. The molecule has 0 N–H and O–H groups in total. The molecule has 0 spiro atoms. The van der Waals surface area contributed by atoms with Gasteiger partial charge in [-0.05, 0) is 12.1 Å². The van der Waals surface area contributed by atoms with Crippen LogP contribution in [0.3, 0.4) is 0 Å². The number of alkyl halides is 1. The van der Waals surface area contributed by atoms with E-state index in [9.17, 15) is 9.18 Å². The molecule has 3 heteroatoms. The van der Waals surface area contributed by atoms with Gasteiger partial charge in [0.15, 0.2) is 6.29 Å². The lowest BCUT2D eigenvalue weighted by atomic mass is 10.2. The summed E-state index contributed by atoms with van der Waals surface area (Å²) in [6.07, 6.45) is 0.630. The van der Waals surface area contributed by atoms with Crippen molar-refractivity contribution in [3.05, 3.63) is 29.8 Å². The number of ether oxygens (including phenoxy) is 1. The van der Waals surface area contributed by atoms with Gasteiger partial charge in [0.25, 0.3) is 0 Å². The molecule has 0 saturated heterocycles. The van der Waals surface area contributed by atoms with Crippen LogP contribution in [0, 0.1) is 0 Å². The van der Waals surface area contributed by atoms with Crippen LogP contribution in [0.15, 0.2) is 24.3 Å². The molecule has 0 saturated carbocycles. The monoisotopic (exact) mass is 154 g/mol. The fourth-order valence-corrected chi connectivity index (χ4v) is 0.768. The molecule has 0 aliphatic heterocycles. The maximum Gasteiger partial charge on any atom is 0.228 e. The van der Waals surface area contributed by atoms with Gasteiger partial charge >= 0.3 is 0 Å². The Labute approximate surface area is 63.6 Å². The van der Waals surface area contributed by atoms with E-state index in [4.69, 9.17) is 0 Å². The fraction of sp³-hybridized carbons (Fsp3) is 0.125. The zero-order valence-electron chi connectivity index (χ0n) is 5.79. The molecule has 0 bridgehead atoms. The molecule has 1 aromatic rings. The Balaban J connectivity index is 2.92. The van der Waals surface area contributed by atoms with Crippen molar-refractivity contribution in [3.8, 4) is 5.75 Å². The number of halogens is 1. The first-order valence-electron chi connectivity index (χ1n) is 3.11. The zero-order valence-corrected chi connectivity index (χ0v) is 5.79. The first-order valence-corrected chi connectivity index (χ1v) is 3.11. The highest BCUT2D eigenvalue weighted by atomic mass is 19.1. The van der Waals surface area contributed by atoms with E-state index < -0.39 is 6.86 Å². The van der Waals surface area contributed by atoms with Gasteiger partial charge < -0.3 is 4.74 Å². The largest absolute Gasteiger partial charge is 0.462 e. The molecule has 0 amide bonds. The van der Waals surface area contributed by atoms with Crippen molar-refractivity contribution in [2.45, 2.75) is 0 Å². The zero-order chi connectivity index (χ0) is 8.10. The van der Waals surface area contributed by atoms with E-state index in [0.717, 1.165) is 0 Å². The molecule has 0 aliphatic rings. The molecule has 2 nitrogen and oxygen atoms in total. The van der Waals surface area contributed by atoms with Crippen LogP contribution >= 0.6 is 0 Å². The Morgan fingerprint density at radius 3 is 2.82 bits per heavy atom. The van der Waals surface area contributed by atoms with E-state index in [-0.39, 0.29) is 5.75 Å². The first kappa shape index (κ1) is 7.72. The van der Waals surface area contributed by atoms with Gasteiger partial charge in [0.1, 0.15) is 5.75 Å². The van der Waals surface area contributed by atoms with E-state index in [0.29, 0.717) is 11.8 Å². The van der Waals surface area contributed by atoms with Crippen LogP contribution in [-0.4, -0.2) is 13.1 Å². The van der Waals surface area contributed by atoms with Gasteiger partial charge in [-0.25, -0.2) is 4.39 Å². The van der Waals surface area contributed by atoms with Gasteiger partial charge in [0, 0.05) is 0 Å². The summed E-state index contributed by atoms with van der Waals surface area (Å²) in [6.45, 7) is -0.912. The van der Waals surface area contributed by atoms with E-state index in [1.54, 1.807) is 24.3 Å². The predicted octanol–water partition coefficient (Wildman–Crippen LogP) is 1.80. The molecular weight excluding hydrogens is 147 g/mol. The van der Waals surface area contributed by atoms with Crippen molar-refractivity contribution in [3.63, 3.8) is 0 Å². The Hall–Kier alpha value is -1.38. The Morgan fingerprint density at radius 2 is 2.18 bits per heavy atom. The third-order valence-corrected chi connectivity index (χ3v) is 1.26. The van der Waals surface area contributed by atoms with Gasteiger partial charge in [0.05, 0.1) is 5.56 Å². The van der Waals surface area contributed by atoms with Gasteiger partial charge in [-0.2, -0.15) is 0 Å². The second-order valence-electron chi connectivity index (χ2n) is 1.91. The molecule has 58 valence electrons. The molecule has 0 aliphatic carbocycles. The third-order valence-electron chi connectivity index (χ3n) is 1.26. The van der Waals surface area contributed by atoms with Crippen LogP contribution in [0.2, 0.25) is 0 Å². The van der Waals surface area contributed by atoms with Crippen molar-refractivity contribution in [2.75, 3.05) is 6.86 Å². The Morgan fingerprint density at radius 1 is 1.45 bits per heavy atom.